The number of fused-ring (bicyclic) bond motifs is 2. The first-order valence-electron chi connectivity index (χ1n) is 10.5. The van der Waals surface area contributed by atoms with Crippen molar-refractivity contribution in [2.45, 2.75) is 13.5 Å². The number of imidazole rings is 1. The van der Waals surface area contributed by atoms with Gasteiger partial charge in [0, 0.05) is 26.7 Å². The molecular weight excluding hydrogens is 537 g/mol. The average molecular weight is 561 g/mol. The van der Waals surface area contributed by atoms with E-state index in [1.807, 2.05) is 72.1 Å². The van der Waals surface area contributed by atoms with Crippen LogP contribution in [0.15, 0.2) is 52.3 Å². The molecule has 6 nitrogen and oxygen atoms in total. The molecule has 0 atom stereocenters. The molecule has 5 aromatic rings. The normalized spacial score (nSPS) is 12.6. The summed E-state index contributed by atoms with van der Waals surface area (Å²) in [6.45, 7) is 2.51. The summed E-state index contributed by atoms with van der Waals surface area (Å²) in [4.78, 5) is 17.7. The summed E-state index contributed by atoms with van der Waals surface area (Å²) >= 11 is 2.98. The predicted molar refractivity (Wildman–Crippen MR) is 132 cm³/mol. The number of nitrogens with zero attached hydrogens (tertiary/aromatic N) is 5. The van der Waals surface area contributed by atoms with E-state index in [-0.39, 0.29) is 28.4 Å². The SMILES string of the molecule is CCn1c(=O)/c(=C/N=c2n(C)c3ccccc3n2C)s/c1=C\c1sc2ccc(F)cc2[n+]1C.[Br-]. The van der Waals surface area contributed by atoms with Crippen LogP contribution in [0.25, 0.3) is 33.5 Å². The third kappa shape index (κ3) is 3.99. The monoisotopic (exact) mass is 559 g/mol. The molecule has 0 fully saturated rings. The van der Waals surface area contributed by atoms with Crippen molar-refractivity contribution in [2.75, 3.05) is 0 Å². The molecule has 5 rings (SSSR count). The van der Waals surface area contributed by atoms with E-state index in [0.717, 1.165) is 36.5 Å². The highest BCUT2D eigenvalue weighted by molar-refractivity contribution is 7.19. The van der Waals surface area contributed by atoms with Gasteiger partial charge in [0.2, 0.25) is 11.1 Å². The lowest BCUT2D eigenvalue weighted by atomic mass is 10.3. The van der Waals surface area contributed by atoms with Crippen LogP contribution >= 0.6 is 22.7 Å². The molecule has 2 aromatic carbocycles. The van der Waals surface area contributed by atoms with Gasteiger partial charge >= 0.3 is 0 Å². The van der Waals surface area contributed by atoms with Crippen LogP contribution in [0.4, 0.5) is 4.39 Å². The van der Waals surface area contributed by atoms with E-state index in [1.54, 1.807) is 28.2 Å². The molecule has 0 radical (unpaired) electrons. The molecule has 0 N–H and O–H groups in total. The van der Waals surface area contributed by atoms with Crippen molar-refractivity contribution in [1.82, 2.24) is 13.7 Å². The Morgan fingerprint density at radius 3 is 2.41 bits per heavy atom. The second-order valence-electron chi connectivity index (χ2n) is 7.77. The summed E-state index contributed by atoms with van der Waals surface area (Å²) < 4.78 is 23.8. The standard InChI is InChI=1S/C24H23FN5OS2.BrH/c1-5-30-22(13-21-27(2)18-12-15(25)10-11-19(18)32-21)33-20(23(30)31)14-26-24-28(3)16-8-6-7-9-17(16)29(24)4;/h6-14H,5H2,1-4H3;1H/q+1;/p-1/b20-14-;. The molecule has 0 saturated carbocycles. The van der Waals surface area contributed by atoms with Gasteiger partial charge in [-0.25, -0.2) is 9.38 Å². The van der Waals surface area contributed by atoms with Gasteiger partial charge in [0.05, 0.1) is 23.3 Å². The fourth-order valence-corrected chi connectivity index (χ4v) is 6.23. The Bertz CT molecular complexity index is 1750. The maximum absolute atomic E-state index is 13.7. The summed E-state index contributed by atoms with van der Waals surface area (Å²) in [6.07, 6.45) is 3.65. The van der Waals surface area contributed by atoms with Crippen LogP contribution in [0.2, 0.25) is 0 Å². The average Bonchev–Trinajstić information content (AvgIpc) is 3.37. The van der Waals surface area contributed by atoms with E-state index in [9.17, 15) is 9.18 Å². The molecule has 0 aliphatic carbocycles. The van der Waals surface area contributed by atoms with Crippen LogP contribution in [0, 0.1) is 5.82 Å². The zero-order valence-corrected chi connectivity index (χ0v) is 22.3. The fourth-order valence-electron chi connectivity index (χ4n) is 4.07. The number of halogens is 2. The Morgan fingerprint density at radius 2 is 1.76 bits per heavy atom. The quantitative estimate of drug-likeness (QED) is 0.265. The summed E-state index contributed by atoms with van der Waals surface area (Å²) in [6, 6.07) is 12.9. The Hall–Kier alpha value is -2.82. The topological polar surface area (TPSA) is 48.1 Å². The van der Waals surface area contributed by atoms with E-state index in [0.29, 0.717) is 11.1 Å². The Kier molecular flexibility index (Phi) is 6.75. The lowest BCUT2D eigenvalue weighted by molar-refractivity contribution is -0.642. The lowest BCUT2D eigenvalue weighted by Crippen LogP contribution is -3.00. The van der Waals surface area contributed by atoms with Gasteiger partial charge < -0.3 is 26.1 Å². The number of aromatic nitrogens is 4. The van der Waals surface area contributed by atoms with Crippen molar-refractivity contribution in [3.63, 3.8) is 0 Å². The molecular formula is C24H23BrFN5OS2. The molecule has 34 heavy (non-hydrogen) atoms. The first-order valence-corrected chi connectivity index (χ1v) is 12.2. The summed E-state index contributed by atoms with van der Waals surface area (Å²) in [5.74, 6) is -0.260. The fraction of sp³-hybridized carbons (Fsp3) is 0.208. The number of benzene rings is 2. The molecule has 0 aliphatic rings. The number of aryl methyl sites for hydroxylation is 3. The highest BCUT2D eigenvalue weighted by atomic mass is 79.9. The molecule has 0 saturated heterocycles. The van der Waals surface area contributed by atoms with Gasteiger partial charge in [-0.05, 0) is 31.2 Å². The molecule has 0 unspecified atom stereocenters. The first-order chi connectivity index (χ1) is 15.9. The van der Waals surface area contributed by atoms with E-state index >= 15 is 0 Å². The summed E-state index contributed by atoms with van der Waals surface area (Å²) in [5.41, 5.74) is 3.68. The van der Waals surface area contributed by atoms with Crippen molar-refractivity contribution in [3.05, 3.63) is 78.5 Å². The molecule has 0 amide bonds. The summed E-state index contributed by atoms with van der Waals surface area (Å²) in [7, 11) is 5.85. The molecule has 10 heteroatoms. The minimum Gasteiger partial charge on any atom is -1.00 e. The first kappa shape index (κ1) is 24.3. The van der Waals surface area contributed by atoms with Gasteiger partial charge in [-0.3, -0.25) is 9.36 Å². The van der Waals surface area contributed by atoms with Crippen molar-refractivity contribution in [1.29, 1.82) is 0 Å². The van der Waals surface area contributed by atoms with Crippen LogP contribution in [0.5, 0.6) is 0 Å². The van der Waals surface area contributed by atoms with Gasteiger partial charge in [0.15, 0.2) is 0 Å². The largest absolute Gasteiger partial charge is 1.00 e. The Morgan fingerprint density at radius 1 is 1.09 bits per heavy atom. The minimum atomic E-state index is -0.260. The number of hydrogen-bond acceptors (Lipinski definition) is 4. The second kappa shape index (κ2) is 9.44. The maximum Gasteiger partial charge on any atom is 0.270 e. The van der Waals surface area contributed by atoms with Gasteiger partial charge in [0.25, 0.3) is 10.6 Å². The zero-order valence-electron chi connectivity index (χ0n) is 19.1. The van der Waals surface area contributed by atoms with Crippen LogP contribution in [-0.2, 0) is 27.7 Å². The van der Waals surface area contributed by atoms with E-state index in [1.165, 1.54) is 23.5 Å². The van der Waals surface area contributed by atoms with Crippen molar-refractivity contribution in [2.24, 2.45) is 26.1 Å². The van der Waals surface area contributed by atoms with Gasteiger partial charge in [-0.15, -0.1) is 11.3 Å². The van der Waals surface area contributed by atoms with Crippen LogP contribution in [0.3, 0.4) is 0 Å². The second-order valence-corrected chi connectivity index (χ2v) is 9.90. The van der Waals surface area contributed by atoms with Crippen molar-refractivity contribution in [3.8, 4) is 0 Å². The third-order valence-corrected chi connectivity index (χ3v) is 8.04. The van der Waals surface area contributed by atoms with Crippen LogP contribution in [0.1, 0.15) is 11.9 Å². The summed E-state index contributed by atoms with van der Waals surface area (Å²) in [5, 5.41) is 0.947. The zero-order chi connectivity index (χ0) is 23.3. The lowest BCUT2D eigenvalue weighted by Gasteiger charge is -1.93. The molecule has 176 valence electrons. The number of rotatable bonds is 3. The molecule has 3 heterocycles. The van der Waals surface area contributed by atoms with E-state index in [4.69, 9.17) is 0 Å². The third-order valence-electron chi connectivity index (χ3n) is 5.83. The Balaban J connectivity index is 0.00000274. The van der Waals surface area contributed by atoms with E-state index in [2.05, 4.69) is 4.99 Å². The highest BCUT2D eigenvalue weighted by Crippen LogP contribution is 2.21. The van der Waals surface area contributed by atoms with Crippen LogP contribution < -0.4 is 41.9 Å². The number of thiazole rings is 2. The van der Waals surface area contributed by atoms with Crippen molar-refractivity contribution >= 4 is 56.2 Å². The molecule has 0 aliphatic heterocycles. The minimum absolute atomic E-state index is 0. The molecule has 0 spiro atoms. The smallest absolute Gasteiger partial charge is 0.270 e. The molecule has 3 aromatic heterocycles. The number of hydrogen-bond donors (Lipinski definition) is 0. The predicted octanol–water partition coefficient (Wildman–Crippen LogP) is -0.890. The van der Waals surface area contributed by atoms with Gasteiger partial charge in [-0.2, -0.15) is 4.57 Å². The van der Waals surface area contributed by atoms with Crippen molar-refractivity contribution < 1.29 is 25.9 Å². The molecule has 0 bridgehead atoms. The Labute approximate surface area is 213 Å². The van der Waals surface area contributed by atoms with Gasteiger partial charge in [0.1, 0.15) is 26.8 Å². The van der Waals surface area contributed by atoms with Crippen LogP contribution in [-0.4, -0.2) is 13.7 Å². The van der Waals surface area contributed by atoms with Gasteiger partial charge in [-0.1, -0.05) is 23.5 Å². The number of para-hydroxylation sites is 2. The van der Waals surface area contributed by atoms with E-state index < -0.39 is 0 Å². The highest BCUT2D eigenvalue weighted by Gasteiger charge is 2.16. The maximum atomic E-state index is 13.7.